The van der Waals surface area contributed by atoms with Gasteiger partial charge in [0, 0.05) is 0 Å². The molecule has 0 aromatic heterocycles. The fraction of sp³-hybridized carbons (Fsp3) is 1.00. The summed E-state index contributed by atoms with van der Waals surface area (Å²) in [4.78, 5) is 0. The smallest absolute Gasteiger partial charge is 0.748 e. The Morgan fingerprint density at radius 1 is 0.667 bits per heavy atom. The van der Waals surface area contributed by atoms with Crippen LogP contribution in [0.1, 0.15) is 122 Å². The first-order chi connectivity index (χ1) is 12.5. The first kappa shape index (κ1) is 30.1. The molecule has 0 spiro atoms. The van der Waals surface area contributed by atoms with Crippen LogP contribution in [0.2, 0.25) is 0 Å². The van der Waals surface area contributed by atoms with E-state index in [0.717, 1.165) is 12.8 Å². The van der Waals surface area contributed by atoms with Crippen molar-refractivity contribution in [2.75, 3.05) is 6.61 Å². The predicted octanol–water partition coefficient (Wildman–Crippen LogP) is 2.94. The van der Waals surface area contributed by atoms with Gasteiger partial charge in [-0.15, -0.1) is 0 Å². The summed E-state index contributed by atoms with van der Waals surface area (Å²) < 4.78 is 32.5. The van der Waals surface area contributed by atoms with Gasteiger partial charge in [-0.25, -0.2) is 8.42 Å². The van der Waals surface area contributed by atoms with Crippen LogP contribution in [0.25, 0.3) is 0 Å². The van der Waals surface area contributed by atoms with Crippen LogP contribution in [-0.2, 0) is 10.1 Å². The summed E-state index contributed by atoms with van der Waals surface area (Å²) in [6.45, 7) is 1.71. The summed E-state index contributed by atoms with van der Waals surface area (Å²) >= 11 is 0. The van der Waals surface area contributed by atoms with Crippen molar-refractivity contribution >= 4 is 10.1 Å². The summed E-state index contributed by atoms with van der Waals surface area (Å²) in [5, 5.41) is 7.81. The van der Waals surface area contributed by atoms with Crippen molar-refractivity contribution in [3.63, 3.8) is 0 Å². The summed E-state index contributed by atoms with van der Waals surface area (Å²) in [5.74, 6) is 0. The monoisotopic (exact) mass is 414 g/mol. The van der Waals surface area contributed by atoms with Gasteiger partial charge in [-0.3, -0.25) is 0 Å². The zero-order valence-corrected chi connectivity index (χ0v) is 20.9. The second-order valence-electron chi connectivity index (χ2n) is 7.74. The zero-order chi connectivity index (χ0) is 19.5. The van der Waals surface area contributed by atoms with Crippen LogP contribution in [-0.4, -0.2) is 29.9 Å². The quantitative estimate of drug-likeness (QED) is 0.189. The Hall–Kier alpha value is 0.870. The third kappa shape index (κ3) is 21.4. The van der Waals surface area contributed by atoms with Gasteiger partial charge >= 0.3 is 29.6 Å². The van der Waals surface area contributed by atoms with Crippen LogP contribution in [0.15, 0.2) is 0 Å². The Labute approximate surface area is 191 Å². The first-order valence-corrected chi connectivity index (χ1v) is 12.5. The summed E-state index contributed by atoms with van der Waals surface area (Å²) in [6, 6.07) is 0. The molecule has 0 aliphatic heterocycles. The van der Waals surface area contributed by atoms with Crippen LogP contribution in [0.5, 0.6) is 0 Å². The van der Waals surface area contributed by atoms with Crippen LogP contribution in [0, 0.1) is 0 Å². The van der Waals surface area contributed by atoms with E-state index < -0.39 is 22.0 Å². The maximum Gasteiger partial charge on any atom is 1.00 e. The maximum atomic E-state index is 10.8. The van der Waals surface area contributed by atoms with Gasteiger partial charge in [0.1, 0.15) is 0 Å². The van der Waals surface area contributed by atoms with Crippen molar-refractivity contribution in [1.29, 1.82) is 0 Å². The maximum absolute atomic E-state index is 10.8. The molecular weight excluding hydrogens is 371 g/mol. The summed E-state index contributed by atoms with van der Waals surface area (Å²) in [6.07, 6.45) is 22.0. The fourth-order valence-corrected chi connectivity index (χ4v) is 4.06. The Bertz CT molecular complexity index is 388. The third-order valence-electron chi connectivity index (χ3n) is 5.24. The Balaban J connectivity index is 0. The molecule has 158 valence electrons. The molecule has 0 aromatic rings. The number of unbranched alkanes of at least 4 members (excludes halogenated alkanes) is 16. The number of aliphatic hydroxyl groups excluding tert-OH is 1. The van der Waals surface area contributed by atoms with Gasteiger partial charge in [-0.2, -0.15) is 0 Å². The molecule has 0 heterocycles. The van der Waals surface area contributed by atoms with Gasteiger partial charge < -0.3 is 9.66 Å². The molecule has 0 saturated heterocycles. The van der Waals surface area contributed by atoms with Gasteiger partial charge in [0.2, 0.25) is 0 Å². The van der Waals surface area contributed by atoms with Crippen molar-refractivity contribution in [3.05, 3.63) is 0 Å². The number of rotatable bonds is 20. The van der Waals surface area contributed by atoms with Gasteiger partial charge in [-0.1, -0.05) is 116 Å². The molecule has 0 radical (unpaired) electrons. The first-order valence-electron chi connectivity index (χ1n) is 11.1. The second kappa shape index (κ2) is 21.6. The largest absolute Gasteiger partial charge is 1.00 e. The Morgan fingerprint density at radius 3 is 1.22 bits per heavy atom. The van der Waals surface area contributed by atoms with E-state index >= 15 is 0 Å². The molecule has 0 aromatic carbocycles. The molecule has 0 aliphatic rings. The van der Waals surface area contributed by atoms with Crippen LogP contribution >= 0.6 is 0 Å². The molecule has 4 nitrogen and oxygen atoms in total. The van der Waals surface area contributed by atoms with E-state index in [1.807, 2.05) is 0 Å². The van der Waals surface area contributed by atoms with Crippen LogP contribution in [0.4, 0.5) is 0 Å². The standard InChI is InChI=1S/C21H44O4S.Na/c1-2-3-4-5-6-7-8-9-10-11-12-13-14-15-16-17-18-19-21(20-22)26(23,24)25;/h21-22H,2-20H2,1H3,(H,23,24,25);/q;+1/p-1. The number of aliphatic hydroxyl groups is 1. The van der Waals surface area contributed by atoms with Gasteiger partial charge in [0.25, 0.3) is 0 Å². The molecule has 0 aliphatic carbocycles. The van der Waals surface area contributed by atoms with Gasteiger partial charge in [0.15, 0.2) is 0 Å². The molecular formula is C21H43NaO4S. The normalized spacial score (nSPS) is 12.7. The molecule has 1 N–H and O–H groups in total. The minimum Gasteiger partial charge on any atom is -0.748 e. The molecule has 0 rings (SSSR count). The average Bonchev–Trinajstić information content (AvgIpc) is 2.59. The van der Waals surface area contributed by atoms with Crippen molar-refractivity contribution in [2.24, 2.45) is 0 Å². The van der Waals surface area contributed by atoms with E-state index in [1.54, 1.807) is 0 Å². The predicted molar refractivity (Wildman–Crippen MR) is 109 cm³/mol. The molecule has 0 amide bonds. The van der Waals surface area contributed by atoms with Gasteiger partial charge in [-0.05, 0) is 6.42 Å². The Kier molecular flexibility index (Phi) is 24.0. The van der Waals surface area contributed by atoms with Gasteiger partial charge in [0.05, 0.1) is 22.0 Å². The summed E-state index contributed by atoms with van der Waals surface area (Å²) in [5.41, 5.74) is 0. The van der Waals surface area contributed by atoms with E-state index in [0.29, 0.717) is 12.8 Å². The molecule has 1 atom stereocenters. The SMILES string of the molecule is CCCCCCCCCCCCCCCCCCCC(CO)S(=O)(=O)[O-].[Na+]. The van der Waals surface area contributed by atoms with Crippen molar-refractivity contribution in [1.82, 2.24) is 0 Å². The van der Waals surface area contributed by atoms with E-state index in [1.165, 1.54) is 89.9 Å². The van der Waals surface area contributed by atoms with Crippen LogP contribution < -0.4 is 29.6 Å². The molecule has 27 heavy (non-hydrogen) atoms. The zero-order valence-electron chi connectivity index (χ0n) is 18.1. The minimum atomic E-state index is -4.34. The van der Waals surface area contributed by atoms with Crippen LogP contribution in [0.3, 0.4) is 0 Å². The van der Waals surface area contributed by atoms with E-state index in [2.05, 4.69) is 6.92 Å². The average molecular weight is 415 g/mol. The number of hydrogen-bond acceptors (Lipinski definition) is 4. The van der Waals surface area contributed by atoms with Crippen molar-refractivity contribution < 1.29 is 47.6 Å². The molecule has 6 heteroatoms. The third-order valence-corrected chi connectivity index (χ3v) is 6.44. The van der Waals surface area contributed by atoms with E-state index in [9.17, 15) is 13.0 Å². The van der Waals surface area contributed by atoms with Crippen molar-refractivity contribution in [3.8, 4) is 0 Å². The topological polar surface area (TPSA) is 77.4 Å². The van der Waals surface area contributed by atoms with E-state index in [-0.39, 0.29) is 29.6 Å². The van der Waals surface area contributed by atoms with Crippen molar-refractivity contribution in [2.45, 2.75) is 128 Å². The van der Waals surface area contributed by atoms with E-state index in [4.69, 9.17) is 5.11 Å². The fourth-order valence-electron chi connectivity index (χ4n) is 3.42. The molecule has 0 fully saturated rings. The number of hydrogen-bond donors (Lipinski definition) is 1. The minimum absolute atomic E-state index is 0. The molecule has 1 unspecified atom stereocenters. The summed E-state index contributed by atoms with van der Waals surface area (Å²) in [7, 11) is -4.34. The molecule has 0 bridgehead atoms. The molecule has 0 saturated carbocycles. The Morgan fingerprint density at radius 2 is 0.963 bits per heavy atom. The second-order valence-corrected chi connectivity index (χ2v) is 9.40.